The predicted octanol–water partition coefficient (Wildman–Crippen LogP) is 2.44. The molecule has 1 fully saturated rings. The van der Waals surface area contributed by atoms with Crippen molar-refractivity contribution < 1.29 is 4.74 Å². The molecule has 0 aromatic heterocycles. The molecule has 1 aliphatic rings. The highest BCUT2D eigenvalue weighted by Gasteiger charge is 2.32. The SMILES string of the molecule is CCC1OCCC1C(CC(C)C)NC. The summed E-state index contributed by atoms with van der Waals surface area (Å²) < 4.78 is 5.74. The van der Waals surface area contributed by atoms with E-state index in [0.717, 1.165) is 24.9 Å². The second-order valence-electron chi connectivity index (χ2n) is 4.79. The van der Waals surface area contributed by atoms with Gasteiger partial charge in [0.2, 0.25) is 0 Å². The molecule has 0 aliphatic carbocycles. The third kappa shape index (κ3) is 2.96. The smallest absolute Gasteiger partial charge is 0.0616 e. The van der Waals surface area contributed by atoms with Crippen LogP contribution in [-0.2, 0) is 4.74 Å². The first-order valence-corrected chi connectivity index (χ1v) is 5.97. The second kappa shape index (κ2) is 5.72. The molecule has 1 aliphatic heterocycles. The monoisotopic (exact) mass is 199 g/mol. The highest BCUT2D eigenvalue weighted by molar-refractivity contribution is 4.85. The van der Waals surface area contributed by atoms with Crippen LogP contribution in [0.25, 0.3) is 0 Å². The Morgan fingerprint density at radius 3 is 2.64 bits per heavy atom. The molecule has 0 saturated carbocycles. The van der Waals surface area contributed by atoms with Gasteiger partial charge >= 0.3 is 0 Å². The van der Waals surface area contributed by atoms with Gasteiger partial charge in [-0.15, -0.1) is 0 Å². The Labute approximate surface area is 88.4 Å². The molecule has 0 bridgehead atoms. The van der Waals surface area contributed by atoms with Gasteiger partial charge in [-0.1, -0.05) is 20.8 Å². The zero-order valence-electron chi connectivity index (χ0n) is 10.0. The predicted molar refractivity (Wildman–Crippen MR) is 60.4 cm³/mol. The highest BCUT2D eigenvalue weighted by Crippen LogP contribution is 2.29. The van der Waals surface area contributed by atoms with Gasteiger partial charge in [-0.2, -0.15) is 0 Å². The molecule has 2 nitrogen and oxygen atoms in total. The molecule has 0 radical (unpaired) electrons. The standard InChI is InChI=1S/C12H25NO/c1-5-12-10(6-7-14-12)11(13-4)8-9(2)3/h9-13H,5-8H2,1-4H3. The average Bonchev–Trinajstić information content (AvgIpc) is 2.61. The molecule has 3 unspecified atom stereocenters. The highest BCUT2D eigenvalue weighted by atomic mass is 16.5. The van der Waals surface area contributed by atoms with Gasteiger partial charge in [0.05, 0.1) is 6.10 Å². The van der Waals surface area contributed by atoms with E-state index >= 15 is 0 Å². The summed E-state index contributed by atoms with van der Waals surface area (Å²) in [6.07, 6.45) is 4.14. The van der Waals surface area contributed by atoms with Gasteiger partial charge in [0, 0.05) is 18.6 Å². The summed E-state index contributed by atoms with van der Waals surface area (Å²) in [5.74, 6) is 1.50. The summed E-state index contributed by atoms with van der Waals surface area (Å²) >= 11 is 0. The van der Waals surface area contributed by atoms with Gasteiger partial charge in [-0.25, -0.2) is 0 Å². The normalized spacial score (nSPS) is 29.8. The topological polar surface area (TPSA) is 21.3 Å². The Kier molecular flexibility index (Phi) is 4.90. The molecule has 2 heteroatoms. The lowest BCUT2D eigenvalue weighted by atomic mass is 9.86. The largest absolute Gasteiger partial charge is 0.378 e. The number of nitrogens with one attached hydrogen (secondary N) is 1. The number of hydrogen-bond acceptors (Lipinski definition) is 2. The van der Waals surface area contributed by atoms with Gasteiger partial charge in [0.15, 0.2) is 0 Å². The Morgan fingerprint density at radius 2 is 2.14 bits per heavy atom. The summed E-state index contributed by atoms with van der Waals surface area (Å²) in [5.41, 5.74) is 0. The molecule has 14 heavy (non-hydrogen) atoms. The third-order valence-electron chi connectivity index (χ3n) is 3.28. The maximum absolute atomic E-state index is 5.74. The third-order valence-corrected chi connectivity index (χ3v) is 3.28. The van der Waals surface area contributed by atoms with Gasteiger partial charge in [-0.05, 0) is 32.2 Å². The Bertz CT molecular complexity index is 158. The van der Waals surface area contributed by atoms with E-state index < -0.39 is 0 Å². The number of ether oxygens (including phenoxy) is 1. The van der Waals surface area contributed by atoms with Crippen molar-refractivity contribution in [2.45, 2.75) is 52.2 Å². The second-order valence-corrected chi connectivity index (χ2v) is 4.79. The van der Waals surface area contributed by atoms with Crippen molar-refractivity contribution in [3.8, 4) is 0 Å². The molecule has 1 saturated heterocycles. The lowest BCUT2D eigenvalue weighted by Crippen LogP contribution is -2.38. The fourth-order valence-corrected chi connectivity index (χ4v) is 2.56. The van der Waals surface area contributed by atoms with Crippen molar-refractivity contribution in [2.24, 2.45) is 11.8 Å². The van der Waals surface area contributed by atoms with Crippen molar-refractivity contribution in [1.29, 1.82) is 0 Å². The lowest BCUT2D eigenvalue weighted by molar-refractivity contribution is 0.0759. The van der Waals surface area contributed by atoms with Crippen LogP contribution in [0.2, 0.25) is 0 Å². The van der Waals surface area contributed by atoms with Crippen LogP contribution in [-0.4, -0.2) is 25.8 Å². The number of hydrogen-bond donors (Lipinski definition) is 1. The Balaban J connectivity index is 2.49. The summed E-state index contributed by atoms with van der Waals surface area (Å²) in [4.78, 5) is 0. The zero-order valence-corrected chi connectivity index (χ0v) is 10.0. The van der Waals surface area contributed by atoms with Gasteiger partial charge < -0.3 is 10.1 Å². The Hall–Kier alpha value is -0.0800. The summed E-state index contributed by atoms with van der Waals surface area (Å²) in [7, 11) is 2.08. The van der Waals surface area contributed by atoms with E-state index in [1.807, 2.05) is 0 Å². The fraction of sp³-hybridized carbons (Fsp3) is 1.00. The van der Waals surface area contributed by atoms with E-state index in [9.17, 15) is 0 Å². The minimum atomic E-state index is 0.492. The van der Waals surface area contributed by atoms with Gasteiger partial charge in [-0.3, -0.25) is 0 Å². The maximum Gasteiger partial charge on any atom is 0.0616 e. The van der Waals surface area contributed by atoms with Crippen molar-refractivity contribution in [3.05, 3.63) is 0 Å². The lowest BCUT2D eigenvalue weighted by Gasteiger charge is -2.28. The maximum atomic E-state index is 5.74. The van der Waals surface area contributed by atoms with Gasteiger partial charge in [0.25, 0.3) is 0 Å². The molecular formula is C12H25NO. The minimum absolute atomic E-state index is 0.492. The average molecular weight is 199 g/mol. The van der Waals surface area contributed by atoms with Crippen molar-refractivity contribution in [3.63, 3.8) is 0 Å². The molecule has 1 heterocycles. The van der Waals surface area contributed by atoms with Crippen LogP contribution in [0.4, 0.5) is 0 Å². The summed E-state index contributed by atoms with van der Waals surface area (Å²) in [6.45, 7) is 7.77. The molecule has 1 N–H and O–H groups in total. The van der Waals surface area contributed by atoms with Crippen LogP contribution >= 0.6 is 0 Å². The van der Waals surface area contributed by atoms with Crippen LogP contribution in [0.5, 0.6) is 0 Å². The van der Waals surface area contributed by atoms with Crippen molar-refractivity contribution in [1.82, 2.24) is 5.32 Å². The van der Waals surface area contributed by atoms with Crippen LogP contribution in [0.15, 0.2) is 0 Å². The molecule has 0 amide bonds. The fourth-order valence-electron chi connectivity index (χ4n) is 2.56. The van der Waals surface area contributed by atoms with Crippen molar-refractivity contribution >= 4 is 0 Å². The van der Waals surface area contributed by atoms with Crippen LogP contribution in [0.3, 0.4) is 0 Å². The van der Waals surface area contributed by atoms with E-state index in [1.165, 1.54) is 12.8 Å². The number of rotatable bonds is 5. The van der Waals surface area contributed by atoms with Crippen LogP contribution in [0.1, 0.15) is 40.0 Å². The molecule has 0 spiro atoms. The Morgan fingerprint density at radius 1 is 1.43 bits per heavy atom. The van der Waals surface area contributed by atoms with Gasteiger partial charge in [0.1, 0.15) is 0 Å². The molecule has 3 atom stereocenters. The molecule has 1 rings (SSSR count). The summed E-state index contributed by atoms with van der Waals surface area (Å²) in [6, 6.07) is 0.641. The molecule has 84 valence electrons. The van der Waals surface area contributed by atoms with Crippen LogP contribution in [0, 0.1) is 11.8 Å². The zero-order chi connectivity index (χ0) is 10.6. The first kappa shape index (κ1) is 12.0. The quantitative estimate of drug-likeness (QED) is 0.734. The first-order valence-electron chi connectivity index (χ1n) is 5.97. The first-order chi connectivity index (χ1) is 6.69. The van der Waals surface area contributed by atoms with E-state index in [2.05, 4.69) is 33.1 Å². The van der Waals surface area contributed by atoms with E-state index in [0.29, 0.717) is 12.1 Å². The van der Waals surface area contributed by atoms with Crippen molar-refractivity contribution in [2.75, 3.05) is 13.7 Å². The van der Waals surface area contributed by atoms with E-state index in [1.54, 1.807) is 0 Å². The molecular weight excluding hydrogens is 174 g/mol. The van der Waals surface area contributed by atoms with Crippen LogP contribution < -0.4 is 5.32 Å². The minimum Gasteiger partial charge on any atom is -0.378 e. The van der Waals surface area contributed by atoms with E-state index in [4.69, 9.17) is 4.74 Å². The van der Waals surface area contributed by atoms with E-state index in [-0.39, 0.29) is 0 Å². The molecule has 0 aromatic rings. The summed E-state index contributed by atoms with van der Waals surface area (Å²) in [5, 5.41) is 3.46. The molecule has 0 aromatic carbocycles.